The summed E-state index contributed by atoms with van der Waals surface area (Å²) in [6.45, 7) is 2.09. The lowest BCUT2D eigenvalue weighted by atomic mass is 10.2. The monoisotopic (exact) mass is 389 g/mol. The summed E-state index contributed by atoms with van der Waals surface area (Å²) in [6.07, 6.45) is 0. The molecular weight excluding hydrogens is 378 g/mol. The van der Waals surface area contributed by atoms with Gasteiger partial charge >= 0.3 is 5.97 Å². The van der Waals surface area contributed by atoms with E-state index in [0.29, 0.717) is 0 Å². The second-order valence-electron chi connectivity index (χ2n) is 4.36. The maximum absolute atomic E-state index is 12.2. The quantitative estimate of drug-likeness (QED) is 0.822. The molecule has 0 fully saturated rings. The van der Waals surface area contributed by atoms with E-state index < -0.39 is 16.0 Å². The molecule has 0 unspecified atom stereocenters. The highest BCUT2D eigenvalue weighted by molar-refractivity contribution is 9.11. The summed E-state index contributed by atoms with van der Waals surface area (Å²) in [7, 11) is -3.76. The molecule has 0 atom stereocenters. The molecule has 1 heterocycles. The highest BCUT2D eigenvalue weighted by atomic mass is 79.9. The Morgan fingerprint density at radius 1 is 1.33 bits per heavy atom. The molecule has 0 spiro atoms. The summed E-state index contributed by atoms with van der Waals surface area (Å²) in [5.41, 5.74) is 1.92. The van der Waals surface area contributed by atoms with Gasteiger partial charge in [0.2, 0.25) is 10.0 Å². The zero-order valence-electron chi connectivity index (χ0n) is 11.0. The van der Waals surface area contributed by atoms with Crippen LogP contribution in [-0.2, 0) is 16.6 Å². The molecule has 1 aromatic heterocycles. The van der Waals surface area contributed by atoms with Crippen LogP contribution in [0.15, 0.2) is 39.0 Å². The first kappa shape index (κ1) is 16.2. The number of carboxylic acid groups (broad SMARTS) is 1. The van der Waals surface area contributed by atoms with Crippen molar-refractivity contribution in [3.63, 3.8) is 0 Å². The number of sulfonamides is 1. The van der Waals surface area contributed by atoms with Crippen LogP contribution in [0.25, 0.3) is 0 Å². The molecule has 0 saturated heterocycles. The van der Waals surface area contributed by atoms with E-state index in [1.807, 2.05) is 31.2 Å². The molecule has 0 saturated carbocycles. The zero-order chi connectivity index (χ0) is 15.6. The molecule has 0 aliphatic rings. The second-order valence-corrected chi connectivity index (χ2v) is 8.47. The summed E-state index contributed by atoms with van der Waals surface area (Å²) in [4.78, 5) is 10.8. The third-order valence-electron chi connectivity index (χ3n) is 2.74. The molecular formula is C13H12BrNO4S2. The number of hydrogen-bond acceptors (Lipinski definition) is 4. The molecule has 21 heavy (non-hydrogen) atoms. The normalized spacial score (nSPS) is 11.5. The fourth-order valence-electron chi connectivity index (χ4n) is 1.60. The number of rotatable bonds is 5. The van der Waals surface area contributed by atoms with E-state index in [9.17, 15) is 13.2 Å². The third-order valence-corrected chi connectivity index (χ3v) is 6.38. The minimum atomic E-state index is -3.76. The highest BCUT2D eigenvalue weighted by Crippen LogP contribution is 2.31. The minimum absolute atomic E-state index is 0.0300. The molecule has 1 aromatic carbocycles. The van der Waals surface area contributed by atoms with Gasteiger partial charge in [-0.3, -0.25) is 0 Å². The zero-order valence-corrected chi connectivity index (χ0v) is 14.2. The Kier molecular flexibility index (Phi) is 4.82. The first-order valence-electron chi connectivity index (χ1n) is 5.87. The van der Waals surface area contributed by atoms with Crippen LogP contribution >= 0.6 is 27.3 Å². The molecule has 2 N–H and O–H groups in total. The van der Waals surface area contributed by atoms with E-state index in [1.165, 1.54) is 0 Å². The van der Waals surface area contributed by atoms with Crippen molar-refractivity contribution in [1.29, 1.82) is 0 Å². The van der Waals surface area contributed by atoms with Gasteiger partial charge in [0.05, 0.1) is 3.79 Å². The summed E-state index contributed by atoms with van der Waals surface area (Å²) >= 11 is 3.96. The maximum Gasteiger partial charge on any atom is 0.345 e. The number of aryl methyl sites for hydroxylation is 1. The van der Waals surface area contributed by atoms with E-state index in [4.69, 9.17) is 5.11 Å². The largest absolute Gasteiger partial charge is 0.477 e. The van der Waals surface area contributed by atoms with Crippen molar-refractivity contribution >= 4 is 43.3 Å². The van der Waals surface area contributed by atoms with Crippen molar-refractivity contribution in [2.24, 2.45) is 0 Å². The molecule has 5 nitrogen and oxygen atoms in total. The van der Waals surface area contributed by atoms with E-state index in [2.05, 4.69) is 20.7 Å². The van der Waals surface area contributed by atoms with Crippen molar-refractivity contribution in [2.75, 3.05) is 0 Å². The molecule has 0 aliphatic carbocycles. The van der Waals surface area contributed by atoms with Gasteiger partial charge in [-0.15, -0.1) is 11.3 Å². The lowest BCUT2D eigenvalue weighted by Crippen LogP contribution is -2.23. The number of nitrogens with one attached hydrogen (secondary N) is 1. The summed E-state index contributed by atoms with van der Waals surface area (Å²) < 4.78 is 27.1. The maximum atomic E-state index is 12.2. The Balaban J connectivity index is 2.18. The van der Waals surface area contributed by atoms with Gasteiger partial charge < -0.3 is 5.11 Å². The van der Waals surface area contributed by atoms with Crippen molar-refractivity contribution in [2.45, 2.75) is 18.4 Å². The van der Waals surface area contributed by atoms with Crippen LogP contribution in [0.1, 0.15) is 20.8 Å². The van der Waals surface area contributed by atoms with E-state index in [-0.39, 0.29) is 20.1 Å². The standard InChI is InChI=1S/C13H12BrNO4S2/c1-8-2-4-9(5-3-8)7-15-21(18,19)11-6-10(13(16)17)20-12(11)14/h2-6,15H,7H2,1H3,(H,16,17). The van der Waals surface area contributed by atoms with Crippen LogP contribution < -0.4 is 4.72 Å². The lowest BCUT2D eigenvalue weighted by molar-refractivity contribution is 0.0702. The Labute approximate surface area is 134 Å². The number of hydrogen-bond donors (Lipinski definition) is 2. The van der Waals surface area contributed by atoms with Crippen molar-refractivity contribution in [1.82, 2.24) is 4.72 Å². The highest BCUT2D eigenvalue weighted by Gasteiger charge is 2.22. The Morgan fingerprint density at radius 3 is 2.48 bits per heavy atom. The van der Waals surface area contributed by atoms with Gasteiger partial charge in [0.25, 0.3) is 0 Å². The fraction of sp³-hybridized carbons (Fsp3) is 0.154. The van der Waals surface area contributed by atoms with E-state index >= 15 is 0 Å². The number of carbonyl (C=O) groups is 1. The molecule has 8 heteroatoms. The van der Waals surface area contributed by atoms with Gasteiger partial charge in [-0.05, 0) is 34.5 Å². The Bertz CT molecular complexity index is 766. The molecule has 0 bridgehead atoms. The second kappa shape index (κ2) is 6.27. The topological polar surface area (TPSA) is 83.5 Å². The van der Waals surface area contributed by atoms with E-state index in [1.54, 1.807) is 0 Å². The Morgan fingerprint density at radius 2 is 1.95 bits per heavy atom. The van der Waals surface area contributed by atoms with Crippen molar-refractivity contribution in [3.8, 4) is 0 Å². The third kappa shape index (κ3) is 3.91. The van der Waals surface area contributed by atoms with E-state index in [0.717, 1.165) is 28.5 Å². The van der Waals surface area contributed by atoms with Crippen LogP contribution in [0.3, 0.4) is 0 Å². The fourth-order valence-corrected chi connectivity index (χ4v) is 5.02. The summed E-state index contributed by atoms with van der Waals surface area (Å²) in [6, 6.07) is 8.61. The average Bonchev–Trinajstić information content (AvgIpc) is 2.81. The number of halogens is 1. The van der Waals surface area contributed by atoms with Crippen LogP contribution in [0, 0.1) is 6.92 Å². The van der Waals surface area contributed by atoms with Gasteiger partial charge in [-0.2, -0.15) is 0 Å². The minimum Gasteiger partial charge on any atom is -0.477 e. The van der Waals surface area contributed by atoms with Crippen molar-refractivity contribution < 1.29 is 18.3 Å². The summed E-state index contributed by atoms with van der Waals surface area (Å²) in [5.74, 6) is -1.15. The van der Waals surface area contributed by atoms with Crippen LogP contribution in [0.2, 0.25) is 0 Å². The number of benzene rings is 1. The molecule has 0 aliphatic heterocycles. The molecule has 112 valence electrons. The van der Waals surface area contributed by atoms with Crippen LogP contribution in [0.5, 0.6) is 0 Å². The first-order chi connectivity index (χ1) is 9.79. The summed E-state index contributed by atoms with van der Waals surface area (Å²) in [5, 5.41) is 8.90. The molecule has 2 rings (SSSR count). The van der Waals surface area contributed by atoms with Crippen LogP contribution in [-0.4, -0.2) is 19.5 Å². The van der Waals surface area contributed by atoms with Gasteiger partial charge in [0, 0.05) is 6.54 Å². The number of aromatic carboxylic acids is 1. The Hall–Kier alpha value is -1.22. The van der Waals surface area contributed by atoms with Crippen molar-refractivity contribution in [3.05, 3.63) is 50.1 Å². The van der Waals surface area contributed by atoms with Crippen LogP contribution in [0.4, 0.5) is 0 Å². The van der Waals surface area contributed by atoms with Gasteiger partial charge in [0.15, 0.2) is 0 Å². The smallest absolute Gasteiger partial charge is 0.345 e. The molecule has 2 aromatic rings. The predicted octanol–water partition coefficient (Wildman–Crippen LogP) is 3.00. The van der Waals surface area contributed by atoms with Gasteiger partial charge in [-0.1, -0.05) is 29.8 Å². The molecule has 0 radical (unpaired) electrons. The lowest BCUT2D eigenvalue weighted by Gasteiger charge is -2.06. The average molecular weight is 390 g/mol. The SMILES string of the molecule is Cc1ccc(CNS(=O)(=O)c2cc(C(=O)O)sc2Br)cc1. The predicted molar refractivity (Wildman–Crippen MR) is 84.2 cm³/mol. The number of carboxylic acids is 1. The number of thiophene rings is 1. The van der Waals surface area contributed by atoms with Gasteiger partial charge in [0.1, 0.15) is 9.77 Å². The first-order valence-corrected chi connectivity index (χ1v) is 8.97. The molecule has 0 amide bonds. The van der Waals surface area contributed by atoms with Gasteiger partial charge in [-0.25, -0.2) is 17.9 Å².